The second-order valence-corrected chi connectivity index (χ2v) is 4.89. The van der Waals surface area contributed by atoms with Crippen LogP contribution in [-0.2, 0) is 14.3 Å². The van der Waals surface area contributed by atoms with Gasteiger partial charge in [-0.2, -0.15) is 0 Å². The zero-order chi connectivity index (χ0) is 16.2. The molecule has 1 aromatic heterocycles. The molecule has 1 atom stereocenters. The Bertz CT molecular complexity index is 735. The lowest BCUT2D eigenvalue weighted by Gasteiger charge is -2.32. The van der Waals surface area contributed by atoms with Crippen molar-refractivity contribution in [3.8, 4) is 5.75 Å². The number of benzene rings is 1. The van der Waals surface area contributed by atoms with Gasteiger partial charge in [-0.05, 0) is 30.3 Å². The summed E-state index contributed by atoms with van der Waals surface area (Å²) in [4.78, 5) is 25.8. The van der Waals surface area contributed by atoms with Crippen LogP contribution in [0.3, 0.4) is 0 Å². The number of nitrogens with zero attached hydrogens (tertiary/aromatic N) is 1. The topological polar surface area (TPSA) is 69.0 Å². The number of hydrogen-bond donors (Lipinski definition) is 0. The molecule has 6 nitrogen and oxygen atoms in total. The van der Waals surface area contributed by atoms with Crippen LogP contribution in [0.5, 0.6) is 5.75 Å². The largest absolute Gasteiger partial charge is 0.475 e. The summed E-state index contributed by atoms with van der Waals surface area (Å²) in [7, 11) is 1.29. The highest BCUT2D eigenvalue weighted by Crippen LogP contribution is 2.33. The smallest absolute Gasteiger partial charge is 0.348 e. The molecule has 0 aliphatic carbocycles. The SMILES string of the molecule is COC(=O)[C@H]1CN(C(=O)/C=C\c2ccco2)c2ccccc2O1. The zero-order valence-electron chi connectivity index (χ0n) is 12.5. The predicted octanol–water partition coefficient (Wildman–Crippen LogP) is 2.26. The van der Waals surface area contributed by atoms with Crippen LogP contribution in [0.1, 0.15) is 5.76 Å². The third-order valence-corrected chi connectivity index (χ3v) is 3.44. The molecule has 0 saturated carbocycles. The van der Waals surface area contributed by atoms with Crippen LogP contribution in [-0.4, -0.2) is 31.6 Å². The molecule has 0 radical (unpaired) electrons. The average Bonchev–Trinajstić information content (AvgIpc) is 3.11. The Balaban J connectivity index is 1.87. The lowest BCUT2D eigenvalue weighted by Crippen LogP contribution is -2.47. The molecule has 0 bridgehead atoms. The maximum Gasteiger partial charge on any atom is 0.348 e. The molecule has 0 N–H and O–H groups in total. The lowest BCUT2D eigenvalue weighted by molar-refractivity contribution is -0.148. The number of anilines is 1. The Hall–Kier alpha value is -3.02. The Morgan fingerprint density at radius 2 is 2.09 bits per heavy atom. The summed E-state index contributed by atoms with van der Waals surface area (Å²) in [6.07, 6.45) is 3.65. The van der Waals surface area contributed by atoms with Crippen LogP contribution in [0.15, 0.2) is 53.2 Å². The van der Waals surface area contributed by atoms with Gasteiger partial charge < -0.3 is 18.8 Å². The van der Waals surface area contributed by atoms with Crippen LogP contribution in [0.25, 0.3) is 6.08 Å². The van der Waals surface area contributed by atoms with Gasteiger partial charge in [0.1, 0.15) is 11.5 Å². The fourth-order valence-electron chi connectivity index (χ4n) is 2.33. The summed E-state index contributed by atoms with van der Waals surface area (Å²) in [6.45, 7) is 0.0883. The van der Waals surface area contributed by atoms with Gasteiger partial charge in [-0.1, -0.05) is 12.1 Å². The van der Waals surface area contributed by atoms with Crippen molar-refractivity contribution in [3.05, 3.63) is 54.5 Å². The third kappa shape index (κ3) is 3.11. The minimum Gasteiger partial charge on any atom is -0.475 e. The van der Waals surface area contributed by atoms with Gasteiger partial charge in [-0.3, -0.25) is 4.79 Å². The van der Waals surface area contributed by atoms with Crippen LogP contribution < -0.4 is 9.64 Å². The average molecular weight is 313 g/mol. The van der Waals surface area contributed by atoms with E-state index < -0.39 is 12.1 Å². The van der Waals surface area contributed by atoms with E-state index in [1.54, 1.807) is 42.5 Å². The molecule has 1 amide bonds. The number of rotatable bonds is 3. The molecule has 1 aliphatic rings. The molecule has 0 spiro atoms. The second-order valence-electron chi connectivity index (χ2n) is 4.89. The predicted molar refractivity (Wildman–Crippen MR) is 83.0 cm³/mol. The number of ether oxygens (including phenoxy) is 2. The molecular weight excluding hydrogens is 298 g/mol. The van der Waals surface area contributed by atoms with Crippen molar-refractivity contribution in [2.45, 2.75) is 6.10 Å². The van der Waals surface area contributed by atoms with E-state index in [1.807, 2.05) is 0 Å². The first-order valence-electron chi connectivity index (χ1n) is 7.05. The molecule has 1 aromatic carbocycles. The molecule has 6 heteroatoms. The van der Waals surface area contributed by atoms with Crippen LogP contribution in [0, 0.1) is 0 Å². The first-order chi connectivity index (χ1) is 11.2. The standard InChI is InChI=1S/C17H15NO5/c1-21-17(20)15-11-18(13-6-2-3-7-14(13)23-15)16(19)9-8-12-5-4-10-22-12/h2-10,15H,11H2,1H3/b9-8-/t15-/m1/s1. The minimum absolute atomic E-state index is 0.0883. The molecule has 3 rings (SSSR count). The van der Waals surface area contributed by atoms with Crippen molar-refractivity contribution in [2.75, 3.05) is 18.6 Å². The van der Waals surface area contributed by atoms with E-state index >= 15 is 0 Å². The number of carbonyl (C=O) groups is 2. The van der Waals surface area contributed by atoms with E-state index in [1.165, 1.54) is 24.3 Å². The van der Waals surface area contributed by atoms with E-state index in [0.29, 0.717) is 17.2 Å². The van der Waals surface area contributed by atoms with E-state index in [-0.39, 0.29) is 12.5 Å². The number of hydrogen-bond acceptors (Lipinski definition) is 5. The highest BCUT2D eigenvalue weighted by Gasteiger charge is 2.33. The summed E-state index contributed by atoms with van der Waals surface area (Å²) in [5, 5.41) is 0. The van der Waals surface area contributed by atoms with Gasteiger partial charge in [-0.15, -0.1) is 0 Å². The first kappa shape index (κ1) is 14.9. The summed E-state index contributed by atoms with van der Waals surface area (Å²) in [6, 6.07) is 10.5. The number of fused-ring (bicyclic) bond motifs is 1. The van der Waals surface area contributed by atoms with Crippen molar-refractivity contribution in [1.29, 1.82) is 0 Å². The van der Waals surface area contributed by atoms with Gasteiger partial charge in [0, 0.05) is 6.08 Å². The second kappa shape index (κ2) is 6.39. The molecule has 1 aliphatic heterocycles. The van der Waals surface area contributed by atoms with E-state index in [4.69, 9.17) is 13.9 Å². The Kier molecular flexibility index (Phi) is 4.14. The lowest BCUT2D eigenvalue weighted by atomic mass is 10.2. The fourth-order valence-corrected chi connectivity index (χ4v) is 2.33. The molecule has 2 aromatic rings. The minimum atomic E-state index is -0.851. The van der Waals surface area contributed by atoms with E-state index in [2.05, 4.69) is 0 Å². The van der Waals surface area contributed by atoms with Crippen molar-refractivity contribution in [2.24, 2.45) is 0 Å². The maximum atomic E-state index is 12.5. The number of carbonyl (C=O) groups excluding carboxylic acids is 2. The molecule has 23 heavy (non-hydrogen) atoms. The number of amides is 1. The zero-order valence-corrected chi connectivity index (χ0v) is 12.5. The summed E-state index contributed by atoms with van der Waals surface area (Å²) >= 11 is 0. The fraction of sp³-hybridized carbons (Fsp3) is 0.176. The normalized spacial score (nSPS) is 16.7. The molecule has 0 saturated heterocycles. The van der Waals surface area contributed by atoms with Gasteiger partial charge >= 0.3 is 5.97 Å². The van der Waals surface area contributed by atoms with Crippen LogP contribution in [0.4, 0.5) is 5.69 Å². The van der Waals surface area contributed by atoms with Gasteiger partial charge in [0.25, 0.3) is 5.91 Å². The molecule has 118 valence electrons. The van der Waals surface area contributed by atoms with Crippen molar-refractivity contribution < 1.29 is 23.5 Å². The summed E-state index contributed by atoms with van der Waals surface area (Å²) < 4.78 is 15.5. The Labute approximate surface area is 132 Å². The van der Waals surface area contributed by atoms with Crippen molar-refractivity contribution in [1.82, 2.24) is 0 Å². The molecule has 0 fully saturated rings. The molecular formula is C17H15NO5. The highest BCUT2D eigenvalue weighted by molar-refractivity contribution is 6.05. The monoisotopic (exact) mass is 313 g/mol. The first-order valence-corrected chi connectivity index (χ1v) is 7.05. The van der Waals surface area contributed by atoms with Crippen LogP contribution in [0.2, 0.25) is 0 Å². The number of furan rings is 1. The van der Waals surface area contributed by atoms with Gasteiger partial charge in [-0.25, -0.2) is 4.79 Å². The number of methoxy groups -OCH3 is 1. The van der Waals surface area contributed by atoms with Gasteiger partial charge in [0.15, 0.2) is 0 Å². The third-order valence-electron chi connectivity index (χ3n) is 3.44. The van der Waals surface area contributed by atoms with Crippen molar-refractivity contribution in [3.63, 3.8) is 0 Å². The highest BCUT2D eigenvalue weighted by atomic mass is 16.6. The van der Waals surface area contributed by atoms with Gasteiger partial charge in [0.2, 0.25) is 6.10 Å². The van der Waals surface area contributed by atoms with Crippen LogP contribution >= 0.6 is 0 Å². The summed E-state index contributed by atoms with van der Waals surface area (Å²) in [5.74, 6) is 0.247. The molecule has 0 unspecified atom stereocenters. The Morgan fingerprint density at radius 3 is 2.83 bits per heavy atom. The number of para-hydroxylation sites is 2. The summed E-state index contributed by atoms with van der Waals surface area (Å²) in [5.41, 5.74) is 0.613. The maximum absolute atomic E-state index is 12.5. The van der Waals surface area contributed by atoms with Crippen molar-refractivity contribution >= 4 is 23.6 Å². The van der Waals surface area contributed by atoms with Gasteiger partial charge in [0.05, 0.1) is 25.6 Å². The van der Waals surface area contributed by atoms with E-state index in [0.717, 1.165) is 0 Å². The Morgan fingerprint density at radius 1 is 1.26 bits per heavy atom. The number of esters is 1. The quantitative estimate of drug-likeness (QED) is 0.642. The molecule has 2 heterocycles. The van der Waals surface area contributed by atoms with E-state index in [9.17, 15) is 9.59 Å².